The number of hydrogen-bond acceptors (Lipinski definition) is 3. The van der Waals surface area contributed by atoms with Gasteiger partial charge in [-0.2, -0.15) is 0 Å². The van der Waals surface area contributed by atoms with Gasteiger partial charge < -0.3 is 0 Å². The van der Waals surface area contributed by atoms with E-state index in [0.29, 0.717) is 0 Å². The normalized spacial score (nSPS) is 10.7. The minimum absolute atomic E-state index is 0.0658. The minimum Gasteiger partial charge on any atom is -0.295 e. The molecule has 1 rings (SSSR count). The second-order valence-electron chi connectivity index (χ2n) is 2.23. The third-order valence-electron chi connectivity index (χ3n) is 1.12. The Kier molecular flexibility index (Phi) is 2.54. The average molecular weight is 167 g/mol. The zero-order chi connectivity index (χ0) is 8.27. The number of aromatic nitrogens is 1. The molecule has 0 aliphatic carbocycles. The summed E-state index contributed by atoms with van der Waals surface area (Å²) < 4.78 is 0. The summed E-state index contributed by atoms with van der Waals surface area (Å²) in [6.45, 7) is 3.47. The van der Waals surface area contributed by atoms with E-state index in [2.05, 4.69) is 4.98 Å². The number of thiazole rings is 1. The van der Waals surface area contributed by atoms with Crippen LogP contribution >= 0.6 is 11.3 Å². The second-order valence-corrected chi connectivity index (χ2v) is 3.49. The number of hydrogen-bond donors (Lipinski definition) is 0. The van der Waals surface area contributed by atoms with Crippen LogP contribution in [0.25, 0.3) is 6.08 Å². The van der Waals surface area contributed by atoms with Crippen LogP contribution in [0, 0.1) is 6.92 Å². The van der Waals surface area contributed by atoms with Crippen molar-refractivity contribution in [1.82, 2.24) is 4.98 Å². The molecule has 0 atom stereocenters. The molecule has 0 aromatic carbocycles. The minimum atomic E-state index is 0.0658. The van der Waals surface area contributed by atoms with E-state index >= 15 is 0 Å². The van der Waals surface area contributed by atoms with Gasteiger partial charge in [-0.3, -0.25) is 4.79 Å². The Hall–Kier alpha value is -0.960. The number of carbonyl (C=O) groups excluding carboxylic acids is 1. The first-order chi connectivity index (χ1) is 5.18. The number of aryl methyl sites for hydroxylation is 1. The highest BCUT2D eigenvalue weighted by Gasteiger charge is 1.92. The zero-order valence-corrected chi connectivity index (χ0v) is 7.31. The molecule has 1 heterocycles. The van der Waals surface area contributed by atoms with Crippen molar-refractivity contribution < 1.29 is 4.79 Å². The van der Waals surface area contributed by atoms with Crippen LogP contribution in [-0.2, 0) is 4.79 Å². The van der Waals surface area contributed by atoms with Crippen molar-refractivity contribution in [1.29, 1.82) is 0 Å². The first-order valence-electron chi connectivity index (χ1n) is 3.29. The van der Waals surface area contributed by atoms with E-state index in [0.717, 1.165) is 9.88 Å². The average Bonchev–Trinajstić information content (AvgIpc) is 2.31. The lowest BCUT2D eigenvalue weighted by atomic mass is 10.4. The summed E-state index contributed by atoms with van der Waals surface area (Å²) in [5, 5.41) is 1.02. The van der Waals surface area contributed by atoms with Gasteiger partial charge in [-0.1, -0.05) is 0 Å². The highest BCUT2D eigenvalue weighted by atomic mass is 32.1. The predicted molar refractivity (Wildman–Crippen MR) is 46.6 cm³/mol. The molecule has 0 saturated carbocycles. The monoisotopic (exact) mass is 167 g/mol. The van der Waals surface area contributed by atoms with Crippen LogP contribution in [0.3, 0.4) is 0 Å². The van der Waals surface area contributed by atoms with E-state index in [9.17, 15) is 4.79 Å². The molecule has 0 fully saturated rings. The largest absolute Gasteiger partial charge is 0.295 e. The van der Waals surface area contributed by atoms with E-state index < -0.39 is 0 Å². The molecule has 58 valence electrons. The Morgan fingerprint density at radius 1 is 1.73 bits per heavy atom. The SMILES string of the molecule is CC(=O)C=Cc1cnc(C)s1. The molecule has 0 unspecified atom stereocenters. The third-order valence-corrected chi connectivity index (χ3v) is 2.00. The molecular formula is C8H9NOS. The van der Waals surface area contributed by atoms with Crippen molar-refractivity contribution in [3.8, 4) is 0 Å². The van der Waals surface area contributed by atoms with Crippen LogP contribution < -0.4 is 0 Å². The molecule has 2 nitrogen and oxygen atoms in total. The Morgan fingerprint density at radius 2 is 2.45 bits per heavy atom. The van der Waals surface area contributed by atoms with Gasteiger partial charge in [-0.15, -0.1) is 11.3 Å². The Labute approximate surface area is 69.6 Å². The van der Waals surface area contributed by atoms with Crippen LogP contribution in [0.1, 0.15) is 16.8 Å². The van der Waals surface area contributed by atoms with Crippen molar-refractivity contribution in [3.05, 3.63) is 22.2 Å². The number of ketones is 1. The smallest absolute Gasteiger partial charge is 0.152 e. The van der Waals surface area contributed by atoms with Crippen LogP contribution in [0.5, 0.6) is 0 Å². The molecule has 0 radical (unpaired) electrons. The van der Waals surface area contributed by atoms with Gasteiger partial charge in [-0.25, -0.2) is 4.98 Å². The summed E-state index contributed by atoms with van der Waals surface area (Å²) in [7, 11) is 0. The lowest BCUT2D eigenvalue weighted by molar-refractivity contribution is -0.112. The predicted octanol–water partition coefficient (Wildman–Crippen LogP) is 2.05. The van der Waals surface area contributed by atoms with E-state index in [1.54, 1.807) is 29.7 Å². The molecule has 0 aliphatic rings. The lowest BCUT2D eigenvalue weighted by Crippen LogP contribution is -1.77. The fourth-order valence-corrected chi connectivity index (χ4v) is 1.34. The third kappa shape index (κ3) is 2.63. The highest BCUT2D eigenvalue weighted by Crippen LogP contribution is 2.12. The molecule has 0 saturated heterocycles. The molecule has 0 N–H and O–H groups in total. The topological polar surface area (TPSA) is 30.0 Å². The molecule has 3 heteroatoms. The Balaban J connectivity index is 2.71. The standard InChI is InChI=1S/C8H9NOS/c1-6(10)3-4-8-5-9-7(2)11-8/h3-5H,1-2H3. The van der Waals surface area contributed by atoms with Crippen molar-refractivity contribution in [2.75, 3.05) is 0 Å². The van der Waals surface area contributed by atoms with Crippen LogP contribution in [0.15, 0.2) is 12.3 Å². The number of allylic oxidation sites excluding steroid dienone is 1. The quantitative estimate of drug-likeness (QED) is 0.631. The van der Waals surface area contributed by atoms with Crippen LogP contribution in [0.2, 0.25) is 0 Å². The maximum atomic E-state index is 10.5. The molecule has 1 aromatic rings. The van der Waals surface area contributed by atoms with Gasteiger partial charge in [0, 0.05) is 11.1 Å². The van der Waals surface area contributed by atoms with Gasteiger partial charge in [0.2, 0.25) is 0 Å². The van der Waals surface area contributed by atoms with Gasteiger partial charge in [-0.05, 0) is 26.0 Å². The summed E-state index contributed by atoms with van der Waals surface area (Å²) in [5.74, 6) is 0.0658. The van der Waals surface area contributed by atoms with Gasteiger partial charge >= 0.3 is 0 Å². The molecule has 0 spiro atoms. The summed E-state index contributed by atoms with van der Waals surface area (Å²) in [5.41, 5.74) is 0. The fraction of sp³-hybridized carbons (Fsp3) is 0.250. The summed E-state index contributed by atoms with van der Waals surface area (Å²) in [4.78, 5) is 15.6. The second kappa shape index (κ2) is 3.44. The zero-order valence-electron chi connectivity index (χ0n) is 6.50. The van der Waals surface area contributed by atoms with Crippen molar-refractivity contribution in [2.24, 2.45) is 0 Å². The molecule has 0 aliphatic heterocycles. The number of nitrogens with zero attached hydrogens (tertiary/aromatic N) is 1. The van der Waals surface area contributed by atoms with Gasteiger partial charge in [0.15, 0.2) is 5.78 Å². The van der Waals surface area contributed by atoms with E-state index in [1.807, 2.05) is 6.92 Å². The van der Waals surface area contributed by atoms with Crippen LogP contribution in [0.4, 0.5) is 0 Å². The maximum Gasteiger partial charge on any atom is 0.152 e. The molecule has 1 aromatic heterocycles. The number of carbonyl (C=O) groups is 1. The summed E-state index contributed by atoms with van der Waals surface area (Å²) in [6, 6.07) is 0. The van der Waals surface area contributed by atoms with Gasteiger partial charge in [0.1, 0.15) is 0 Å². The van der Waals surface area contributed by atoms with Crippen molar-refractivity contribution >= 4 is 23.2 Å². The molecule has 0 bridgehead atoms. The van der Waals surface area contributed by atoms with Crippen LogP contribution in [-0.4, -0.2) is 10.8 Å². The maximum absolute atomic E-state index is 10.5. The molecule has 0 amide bonds. The summed E-state index contributed by atoms with van der Waals surface area (Å²) >= 11 is 1.58. The Morgan fingerprint density at radius 3 is 2.91 bits per heavy atom. The first-order valence-corrected chi connectivity index (χ1v) is 4.11. The van der Waals surface area contributed by atoms with Gasteiger partial charge in [0.25, 0.3) is 0 Å². The lowest BCUT2D eigenvalue weighted by Gasteiger charge is -1.78. The summed E-state index contributed by atoms with van der Waals surface area (Å²) in [6.07, 6.45) is 5.10. The molecule has 11 heavy (non-hydrogen) atoms. The van der Waals surface area contributed by atoms with E-state index in [4.69, 9.17) is 0 Å². The van der Waals surface area contributed by atoms with E-state index in [-0.39, 0.29) is 5.78 Å². The first kappa shape index (κ1) is 8.14. The Bertz CT molecular complexity index is 288. The van der Waals surface area contributed by atoms with E-state index in [1.165, 1.54) is 6.92 Å². The number of rotatable bonds is 2. The van der Waals surface area contributed by atoms with Crippen molar-refractivity contribution in [2.45, 2.75) is 13.8 Å². The van der Waals surface area contributed by atoms with Crippen molar-refractivity contribution in [3.63, 3.8) is 0 Å². The molecular weight excluding hydrogens is 158 g/mol. The fourth-order valence-electron chi connectivity index (χ4n) is 0.654. The van der Waals surface area contributed by atoms with Gasteiger partial charge in [0.05, 0.1) is 5.01 Å². The highest BCUT2D eigenvalue weighted by molar-refractivity contribution is 7.12.